The van der Waals surface area contributed by atoms with Gasteiger partial charge in [-0.2, -0.15) is 0 Å². The third-order valence-electron chi connectivity index (χ3n) is 12.4. The molecule has 1 aliphatic rings. The van der Waals surface area contributed by atoms with E-state index in [1.165, 1.54) is 71.7 Å². The molecule has 2 heteroatoms. The first-order valence-electron chi connectivity index (χ1n) is 22.2. The summed E-state index contributed by atoms with van der Waals surface area (Å²) in [7, 11) is 0. The average molecular weight is 819 g/mol. The summed E-state index contributed by atoms with van der Waals surface area (Å²) in [6, 6.07) is 85.9. The standard InChI is InChI=1S/C62H46N2/c1-3-18-57(19-4-1)63(61-38-30-49(31-39-61)55-24-22-45-12-7-9-14-51(45)43-55)59-34-26-47(27-35-59)53-16-11-17-54(42-53)48-28-36-60(37-29-48)64(58-20-5-2-6-21-58)62-40-32-50(33-41-62)56-25-23-46-13-8-10-15-52(46)44-56/h1,3-5,7-44H,2,6H2. The quantitative estimate of drug-likeness (QED) is 0.136. The molecule has 0 radical (unpaired) electrons. The number of para-hydroxylation sites is 1. The van der Waals surface area contributed by atoms with Crippen molar-refractivity contribution in [3.05, 3.63) is 261 Å². The smallest absolute Gasteiger partial charge is 0.0462 e. The zero-order chi connectivity index (χ0) is 42.7. The molecule has 0 bridgehead atoms. The Hall–Kier alpha value is -8.20. The van der Waals surface area contributed by atoms with Crippen molar-refractivity contribution in [3.8, 4) is 44.5 Å². The predicted molar refractivity (Wildman–Crippen MR) is 273 cm³/mol. The van der Waals surface area contributed by atoms with Crippen LogP contribution in [0.3, 0.4) is 0 Å². The highest BCUT2D eigenvalue weighted by Gasteiger charge is 2.17. The topological polar surface area (TPSA) is 6.48 Å². The molecule has 0 amide bonds. The fraction of sp³-hybridized carbons (Fsp3) is 0.0323. The maximum Gasteiger partial charge on any atom is 0.0462 e. The van der Waals surface area contributed by atoms with Crippen LogP contribution in [0.15, 0.2) is 261 Å². The molecule has 304 valence electrons. The van der Waals surface area contributed by atoms with Crippen LogP contribution in [0.1, 0.15) is 12.8 Å². The van der Waals surface area contributed by atoms with Crippen molar-refractivity contribution in [2.45, 2.75) is 12.8 Å². The van der Waals surface area contributed by atoms with E-state index in [4.69, 9.17) is 0 Å². The zero-order valence-corrected chi connectivity index (χ0v) is 35.6. The molecule has 0 heterocycles. The van der Waals surface area contributed by atoms with Gasteiger partial charge in [0.05, 0.1) is 0 Å². The van der Waals surface area contributed by atoms with Crippen molar-refractivity contribution in [2.24, 2.45) is 0 Å². The van der Waals surface area contributed by atoms with E-state index in [0.717, 1.165) is 41.3 Å². The third kappa shape index (κ3) is 7.90. The summed E-state index contributed by atoms with van der Waals surface area (Å²) in [5.41, 5.74) is 16.4. The Labute approximate surface area is 376 Å². The number of rotatable bonds is 10. The fourth-order valence-electron chi connectivity index (χ4n) is 9.06. The fourth-order valence-corrected chi connectivity index (χ4v) is 9.06. The van der Waals surface area contributed by atoms with E-state index in [2.05, 4.69) is 265 Å². The number of fused-ring (bicyclic) bond motifs is 2. The lowest BCUT2D eigenvalue weighted by Gasteiger charge is -2.28. The van der Waals surface area contributed by atoms with Crippen LogP contribution in [0, 0.1) is 0 Å². The van der Waals surface area contributed by atoms with Gasteiger partial charge in [-0.15, -0.1) is 0 Å². The van der Waals surface area contributed by atoms with Crippen LogP contribution in [0.5, 0.6) is 0 Å². The minimum absolute atomic E-state index is 1.04. The van der Waals surface area contributed by atoms with Crippen LogP contribution < -0.4 is 9.80 Å². The summed E-state index contributed by atoms with van der Waals surface area (Å²) in [4.78, 5) is 4.70. The molecule has 10 aromatic carbocycles. The van der Waals surface area contributed by atoms with Crippen molar-refractivity contribution in [2.75, 3.05) is 9.80 Å². The van der Waals surface area contributed by atoms with E-state index in [1.54, 1.807) is 0 Å². The molecular formula is C62H46N2. The van der Waals surface area contributed by atoms with E-state index >= 15 is 0 Å². The van der Waals surface area contributed by atoms with Crippen molar-refractivity contribution < 1.29 is 0 Å². The van der Waals surface area contributed by atoms with Crippen LogP contribution in [-0.2, 0) is 0 Å². The number of benzene rings is 10. The second-order valence-corrected chi connectivity index (χ2v) is 16.5. The molecule has 0 unspecified atom stereocenters. The molecule has 1 aliphatic carbocycles. The molecule has 0 aliphatic heterocycles. The van der Waals surface area contributed by atoms with Crippen LogP contribution in [0.25, 0.3) is 66.1 Å². The normalized spacial score (nSPS) is 12.3. The molecule has 2 nitrogen and oxygen atoms in total. The summed E-state index contributed by atoms with van der Waals surface area (Å²) in [6.45, 7) is 0. The minimum atomic E-state index is 1.04. The van der Waals surface area contributed by atoms with Crippen LogP contribution in [0.2, 0.25) is 0 Å². The van der Waals surface area contributed by atoms with Gasteiger partial charge in [-0.3, -0.25) is 0 Å². The predicted octanol–water partition coefficient (Wildman–Crippen LogP) is 17.5. The average Bonchev–Trinajstić information content (AvgIpc) is 3.38. The van der Waals surface area contributed by atoms with Gasteiger partial charge in [0, 0.05) is 34.1 Å². The van der Waals surface area contributed by atoms with Gasteiger partial charge in [0.15, 0.2) is 0 Å². The maximum absolute atomic E-state index is 2.37. The molecular weight excluding hydrogens is 773 g/mol. The first-order valence-corrected chi connectivity index (χ1v) is 22.2. The second kappa shape index (κ2) is 17.3. The Balaban J connectivity index is 0.847. The summed E-state index contributed by atoms with van der Waals surface area (Å²) in [6.07, 6.45) is 8.99. The number of hydrogen-bond acceptors (Lipinski definition) is 2. The molecule has 0 saturated heterocycles. The summed E-state index contributed by atoms with van der Waals surface area (Å²) in [5.74, 6) is 0. The zero-order valence-electron chi connectivity index (χ0n) is 35.6. The number of anilines is 5. The van der Waals surface area contributed by atoms with E-state index < -0.39 is 0 Å². The van der Waals surface area contributed by atoms with Gasteiger partial charge in [-0.05, 0) is 164 Å². The molecule has 0 atom stereocenters. The number of nitrogens with zero attached hydrogens (tertiary/aromatic N) is 2. The Bertz CT molecular complexity index is 3290. The summed E-state index contributed by atoms with van der Waals surface area (Å²) >= 11 is 0. The van der Waals surface area contributed by atoms with Gasteiger partial charge in [0.25, 0.3) is 0 Å². The lowest BCUT2D eigenvalue weighted by atomic mass is 9.98. The number of hydrogen-bond donors (Lipinski definition) is 0. The molecule has 0 aromatic heterocycles. The molecule has 0 saturated carbocycles. The lowest BCUT2D eigenvalue weighted by Crippen LogP contribution is -2.16. The maximum atomic E-state index is 2.37. The molecule has 64 heavy (non-hydrogen) atoms. The van der Waals surface area contributed by atoms with E-state index in [0.29, 0.717) is 0 Å². The van der Waals surface area contributed by atoms with Crippen LogP contribution in [-0.4, -0.2) is 0 Å². The van der Waals surface area contributed by atoms with E-state index in [9.17, 15) is 0 Å². The highest BCUT2D eigenvalue weighted by Crippen LogP contribution is 2.39. The Morgan fingerprint density at radius 1 is 0.250 bits per heavy atom. The minimum Gasteiger partial charge on any atom is -0.311 e. The first kappa shape index (κ1) is 38.7. The monoisotopic (exact) mass is 818 g/mol. The van der Waals surface area contributed by atoms with Gasteiger partial charge in [-0.25, -0.2) is 0 Å². The SMILES string of the molecule is C1=CC(N(c2ccc(-c3cccc(-c4ccc(N(c5ccccc5)c5ccc(-c6ccc7ccccc7c6)cc5)cc4)c3)cc2)c2ccc(-c3ccc4ccccc4c3)cc2)=CCC1. The van der Waals surface area contributed by atoms with Gasteiger partial charge >= 0.3 is 0 Å². The van der Waals surface area contributed by atoms with E-state index in [-0.39, 0.29) is 0 Å². The molecule has 10 aromatic rings. The van der Waals surface area contributed by atoms with E-state index in [1.807, 2.05) is 0 Å². The molecule has 0 N–H and O–H groups in total. The first-order chi connectivity index (χ1) is 31.7. The van der Waals surface area contributed by atoms with Crippen LogP contribution >= 0.6 is 0 Å². The van der Waals surface area contributed by atoms with Gasteiger partial charge in [0.2, 0.25) is 0 Å². The van der Waals surface area contributed by atoms with Gasteiger partial charge in [0.1, 0.15) is 0 Å². The second-order valence-electron chi connectivity index (χ2n) is 16.5. The molecule has 0 spiro atoms. The largest absolute Gasteiger partial charge is 0.311 e. The molecule has 11 rings (SSSR count). The highest BCUT2D eigenvalue weighted by atomic mass is 15.1. The molecule has 0 fully saturated rings. The van der Waals surface area contributed by atoms with Crippen LogP contribution in [0.4, 0.5) is 28.4 Å². The van der Waals surface area contributed by atoms with Gasteiger partial charge < -0.3 is 9.80 Å². The third-order valence-corrected chi connectivity index (χ3v) is 12.4. The Morgan fingerprint density at radius 2 is 0.625 bits per heavy atom. The Kier molecular flexibility index (Phi) is 10.5. The lowest BCUT2D eigenvalue weighted by molar-refractivity contribution is 0.997. The summed E-state index contributed by atoms with van der Waals surface area (Å²) in [5, 5.41) is 5.03. The highest BCUT2D eigenvalue weighted by molar-refractivity contribution is 5.89. The summed E-state index contributed by atoms with van der Waals surface area (Å²) < 4.78 is 0. The van der Waals surface area contributed by atoms with Crippen molar-refractivity contribution in [1.82, 2.24) is 0 Å². The van der Waals surface area contributed by atoms with Crippen molar-refractivity contribution >= 4 is 50.0 Å². The number of allylic oxidation sites excluding steroid dienone is 3. The van der Waals surface area contributed by atoms with Gasteiger partial charge in [-0.1, -0.05) is 170 Å². The van der Waals surface area contributed by atoms with Crippen molar-refractivity contribution in [3.63, 3.8) is 0 Å². The van der Waals surface area contributed by atoms with Crippen molar-refractivity contribution in [1.29, 1.82) is 0 Å². The Morgan fingerprint density at radius 3 is 1.06 bits per heavy atom.